The average Bonchev–Trinajstić information content (AvgIpc) is 2.73. The van der Waals surface area contributed by atoms with Gasteiger partial charge in [0.2, 0.25) is 0 Å². The van der Waals surface area contributed by atoms with Crippen molar-refractivity contribution < 1.29 is 13.2 Å². The fraction of sp³-hybridized carbons (Fsp3) is 0.409. The minimum absolute atomic E-state index is 0.596. The number of benzene rings is 2. The number of hydrogen-bond donors (Lipinski definition) is 0. The Morgan fingerprint density at radius 1 is 1.03 bits per heavy atom. The van der Waals surface area contributed by atoms with Gasteiger partial charge in [-0.2, -0.15) is 18.4 Å². The number of rotatable bonds is 6. The molecule has 4 nitrogen and oxygen atoms in total. The van der Waals surface area contributed by atoms with Gasteiger partial charge in [0, 0.05) is 51.1 Å². The summed E-state index contributed by atoms with van der Waals surface area (Å²) in [7, 11) is 2.02. The summed E-state index contributed by atoms with van der Waals surface area (Å²) in [5, 5.41) is 9.01. The Hall–Kier alpha value is -2.72. The van der Waals surface area contributed by atoms with Crippen molar-refractivity contribution in [1.29, 1.82) is 5.26 Å². The normalized spacial score (nSPS) is 15.2. The molecule has 0 N–H and O–H groups in total. The Kier molecular flexibility index (Phi) is 6.65. The predicted octanol–water partition coefficient (Wildman–Crippen LogP) is 4.23. The minimum atomic E-state index is -4.31. The summed E-state index contributed by atoms with van der Waals surface area (Å²) >= 11 is 0. The molecule has 0 amide bonds. The molecule has 1 saturated heterocycles. The van der Waals surface area contributed by atoms with Gasteiger partial charge < -0.3 is 9.80 Å². The molecule has 1 aliphatic heterocycles. The number of hydrogen-bond acceptors (Lipinski definition) is 4. The van der Waals surface area contributed by atoms with Crippen LogP contribution in [0.25, 0.3) is 0 Å². The van der Waals surface area contributed by atoms with Crippen molar-refractivity contribution in [3.8, 4) is 6.07 Å². The molecule has 0 atom stereocenters. The van der Waals surface area contributed by atoms with E-state index in [4.69, 9.17) is 5.26 Å². The van der Waals surface area contributed by atoms with E-state index in [-0.39, 0.29) is 0 Å². The molecule has 7 heteroatoms. The van der Waals surface area contributed by atoms with Crippen LogP contribution in [0, 0.1) is 11.3 Å². The summed E-state index contributed by atoms with van der Waals surface area (Å²) in [6.07, 6.45) is -3.33. The van der Waals surface area contributed by atoms with Gasteiger partial charge in [-0.3, -0.25) is 4.90 Å². The maximum Gasteiger partial charge on any atom is 0.416 e. The van der Waals surface area contributed by atoms with Crippen LogP contribution >= 0.6 is 0 Å². The fourth-order valence-corrected chi connectivity index (χ4v) is 3.58. The number of piperazine rings is 1. The predicted molar refractivity (Wildman–Crippen MR) is 109 cm³/mol. The van der Waals surface area contributed by atoms with Gasteiger partial charge in [0.1, 0.15) is 0 Å². The second-order valence-corrected chi connectivity index (χ2v) is 7.31. The van der Waals surface area contributed by atoms with E-state index in [2.05, 4.69) is 15.9 Å². The average molecular weight is 402 g/mol. The summed E-state index contributed by atoms with van der Waals surface area (Å²) in [5.41, 5.74) is 1.72. The molecule has 1 fully saturated rings. The van der Waals surface area contributed by atoms with Gasteiger partial charge in [-0.15, -0.1) is 0 Å². The standard InChI is InChI=1S/C22H25F3N4/c1-27(20-7-2-5-18(15-20)17-26)9-4-10-28-11-13-29(14-12-28)21-8-3-6-19(16-21)22(23,24)25/h2-3,5-8,15-16H,4,9-14H2,1H3. The smallest absolute Gasteiger partial charge is 0.375 e. The van der Waals surface area contributed by atoms with E-state index in [0.29, 0.717) is 11.3 Å². The summed E-state index contributed by atoms with van der Waals surface area (Å²) in [6.45, 7) is 4.94. The van der Waals surface area contributed by atoms with Crippen LogP contribution in [0.3, 0.4) is 0 Å². The highest BCUT2D eigenvalue weighted by molar-refractivity contribution is 5.51. The molecule has 0 aliphatic carbocycles. The van der Waals surface area contributed by atoms with Crippen molar-refractivity contribution >= 4 is 11.4 Å². The second kappa shape index (κ2) is 9.19. The van der Waals surface area contributed by atoms with Crippen molar-refractivity contribution in [2.75, 3.05) is 56.1 Å². The van der Waals surface area contributed by atoms with E-state index in [1.165, 1.54) is 12.1 Å². The first-order valence-corrected chi connectivity index (χ1v) is 9.73. The van der Waals surface area contributed by atoms with Gasteiger partial charge in [-0.1, -0.05) is 12.1 Å². The maximum atomic E-state index is 12.9. The lowest BCUT2D eigenvalue weighted by atomic mass is 10.1. The Morgan fingerprint density at radius 2 is 1.76 bits per heavy atom. The van der Waals surface area contributed by atoms with Gasteiger partial charge in [-0.25, -0.2) is 0 Å². The van der Waals surface area contributed by atoms with E-state index < -0.39 is 11.7 Å². The molecule has 0 radical (unpaired) electrons. The van der Waals surface area contributed by atoms with Crippen LogP contribution in [0.1, 0.15) is 17.5 Å². The van der Waals surface area contributed by atoms with Gasteiger partial charge in [-0.05, 0) is 49.4 Å². The van der Waals surface area contributed by atoms with Crippen LogP contribution in [0.5, 0.6) is 0 Å². The van der Waals surface area contributed by atoms with Crippen LogP contribution < -0.4 is 9.80 Å². The van der Waals surface area contributed by atoms with Crippen molar-refractivity contribution in [3.05, 3.63) is 59.7 Å². The third kappa shape index (κ3) is 5.64. The first-order valence-electron chi connectivity index (χ1n) is 9.73. The molecule has 1 heterocycles. The van der Waals surface area contributed by atoms with E-state index in [1.807, 2.05) is 30.1 Å². The van der Waals surface area contributed by atoms with Crippen molar-refractivity contribution in [3.63, 3.8) is 0 Å². The molecule has 0 spiro atoms. The zero-order valence-corrected chi connectivity index (χ0v) is 16.5. The largest absolute Gasteiger partial charge is 0.416 e. The number of anilines is 2. The molecule has 154 valence electrons. The molecule has 2 aromatic carbocycles. The minimum Gasteiger partial charge on any atom is -0.375 e. The lowest BCUT2D eigenvalue weighted by molar-refractivity contribution is -0.137. The summed E-state index contributed by atoms with van der Waals surface area (Å²) in [6, 6.07) is 15.3. The molecule has 0 saturated carbocycles. The van der Waals surface area contributed by atoms with Crippen LogP contribution in [-0.4, -0.2) is 51.2 Å². The molecule has 0 aromatic heterocycles. The third-order valence-corrected chi connectivity index (χ3v) is 5.29. The van der Waals surface area contributed by atoms with E-state index in [1.54, 1.807) is 12.1 Å². The topological polar surface area (TPSA) is 33.5 Å². The number of alkyl halides is 3. The highest BCUT2D eigenvalue weighted by Crippen LogP contribution is 2.31. The first-order chi connectivity index (χ1) is 13.9. The Labute approximate surface area is 169 Å². The zero-order valence-electron chi connectivity index (χ0n) is 16.5. The molecule has 3 rings (SSSR count). The first kappa shape index (κ1) is 21.0. The summed E-state index contributed by atoms with van der Waals surface area (Å²) in [4.78, 5) is 6.51. The van der Waals surface area contributed by atoms with E-state index >= 15 is 0 Å². The van der Waals surface area contributed by atoms with Gasteiger partial charge >= 0.3 is 6.18 Å². The van der Waals surface area contributed by atoms with Gasteiger partial charge in [0.05, 0.1) is 17.2 Å². The second-order valence-electron chi connectivity index (χ2n) is 7.31. The van der Waals surface area contributed by atoms with Gasteiger partial charge in [0.25, 0.3) is 0 Å². The Bertz CT molecular complexity index is 852. The quantitative estimate of drug-likeness (QED) is 0.724. The monoisotopic (exact) mass is 402 g/mol. The maximum absolute atomic E-state index is 12.9. The number of nitrogens with zero attached hydrogens (tertiary/aromatic N) is 4. The molecule has 1 aliphatic rings. The van der Waals surface area contributed by atoms with Crippen LogP contribution in [0.4, 0.5) is 24.5 Å². The van der Waals surface area contributed by atoms with Crippen LogP contribution in [-0.2, 0) is 6.18 Å². The van der Waals surface area contributed by atoms with Gasteiger partial charge in [0.15, 0.2) is 0 Å². The lowest BCUT2D eigenvalue weighted by Crippen LogP contribution is -2.47. The number of halogens is 3. The number of nitriles is 1. The van der Waals surface area contributed by atoms with Crippen molar-refractivity contribution in [2.45, 2.75) is 12.6 Å². The third-order valence-electron chi connectivity index (χ3n) is 5.29. The molecule has 29 heavy (non-hydrogen) atoms. The summed E-state index contributed by atoms with van der Waals surface area (Å²) in [5.74, 6) is 0. The zero-order chi connectivity index (χ0) is 20.9. The molecule has 0 bridgehead atoms. The van der Waals surface area contributed by atoms with E-state index in [9.17, 15) is 13.2 Å². The summed E-state index contributed by atoms with van der Waals surface area (Å²) < 4.78 is 38.8. The molecular formula is C22H25F3N4. The molecule has 2 aromatic rings. The lowest BCUT2D eigenvalue weighted by Gasteiger charge is -2.36. The molecular weight excluding hydrogens is 377 g/mol. The highest BCUT2D eigenvalue weighted by atomic mass is 19.4. The SMILES string of the molecule is CN(CCCN1CCN(c2cccc(C(F)(F)F)c2)CC1)c1cccc(C#N)c1. The van der Waals surface area contributed by atoms with Crippen molar-refractivity contribution in [2.24, 2.45) is 0 Å². The Morgan fingerprint density at radius 3 is 2.45 bits per heavy atom. The Balaban J connectivity index is 1.45. The highest BCUT2D eigenvalue weighted by Gasteiger charge is 2.31. The van der Waals surface area contributed by atoms with E-state index in [0.717, 1.165) is 57.4 Å². The van der Waals surface area contributed by atoms with Crippen LogP contribution in [0.15, 0.2) is 48.5 Å². The van der Waals surface area contributed by atoms with Crippen LogP contribution in [0.2, 0.25) is 0 Å². The molecule has 0 unspecified atom stereocenters. The fourth-order valence-electron chi connectivity index (χ4n) is 3.58. The van der Waals surface area contributed by atoms with Crippen molar-refractivity contribution in [1.82, 2.24) is 4.90 Å².